The van der Waals surface area contributed by atoms with E-state index in [2.05, 4.69) is 0 Å². The summed E-state index contributed by atoms with van der Waals surface area (Å²) >= 11 is 0. The number of methoxy groups -OCH3 is 2. The Hall–Kier alpha value is -2.36. The maximum Gasteiger partial charge on any atom is 0.165 e. The van der Waals surface area contributed by atoms with E-state index in [1.165, 1.54) is 12.1 Å². The quantitative estimate of drug-likeness (QED) is 0.715. The Bertz CT molecular complexity index is 643. The Labute approximate surface area is 136 Å². The minimum atomic E-state index is -0.249. The Morgan fingerprint density at radius 1 is 1.04 bits per heavy atom. The topological polar surface area (TPSA) is 35.5 Å². The number of benzene rings is 2. The monoisotopic (exact) mass is 316 g/mol. The van der Waals surface area contributed by atoms with Crippen molar-refractivity contribution in [1.82, 2.24) is 0 Å². The van der Waals surface area contributed by atoms with Crippen molar-refractivity contribution >= 4 is 5.78 Å². The van der Waals surface area contributed by atoms with Crippen LogP contribution >= 0.6 is 0 Å². The van der Waals surface area contributed by atoms with Gasteiger partial charge in [-0.2, -0.15) is 0 Å². The zero-order chi connectivity index (χ0) is 16.8. The molecule has 0 heterocycles. The molecule has 23 heavy (non-hydrogen) atoms. The number of hydrogen-bond acceptors (Lipinski definition) is 3. The molecule has 0 aliphatic heterocycles. The van der Waals surface area contributed by atoms with E-state index in [0.29, 0.717) is 23.5 Å². The Balaban J connectivity index is 2.05. The fourth-order valence-corrected chi connectivity index (χ4v) is 2.40. The van der Waals surface area contributed by atoms with Crippen LogP contribution in [-0.4, -0.2) is 20.0 Å². The first kappa shape index (κ1) is 17.0. The van der Waals surface area contributed by atoms with Gasteiger partial charge in [0.1, 0.15) is 17.3 Å². The second kappa shape index (κ2) is 7.77. The highest BCUT2D eigenvalue weighted by molar-refractivity contribution is 5.98. The minimum absolute atomic E-state index is 0.0457. The van der Waals surface area contributed by atoms with Gasteiger partial charge in [0.25, 0.3) is 0 Å². The van der Waals surface area contributed by atoms with Gasteiger partial charge in [-0.1, -0.05) is 19.1 Å². The molecule has 122 valence electrons. The molecule has 1 atom stereocenters. The van der Waals surface area contributed by atoms with Crippen molar-refractivity contribution in [1.29, 1.82) is 0 Å². The largest absolute Gasteiger partial charge is 0.497 e. The summed E-state index contributed by atoms with van der Waals surface area (Å²) in [6, 6.07) is 11.6. The molecule has 0 aliphatic carbocycles. The Morgan fingerprint density at radius 3 is 2.13 bits per heavy atom. The number of halogens is 1. The Morgan fingerprint density at radius 2 is 1.61 bits per heavy atom. The zero-order valence-electron chi connectivity index (χ0n) is 13.6. The standard InChI is InChI=1S/C19H21FO3/c1-13(4-5-14-6-8-16(20)9-7-14)19(21)15-10-17(22-2)12-18(11-15)23-3/h6-13H,4-5H2,1-3H3. The van der Waals surface area contributed by atoms with E-state index in [1.54, 1.807) is 44.6 Å². The van der Waals surface area contributed by atoms with Crippen molar-refractivity contribution in [3.05, 3.63) is 59.4 Å². The van der Waals surface area contributed by atoms with Crippen molar-refractivity contribution < 1.29 is 18.7 Å². The van der Waals surface area contributed by atoms with E-state index in [-0.39, 0.29) is 17.5 Å². The molecule has 0 radical (unpaired) electrons. The summed E-state index contributed by atoms with van der Waals surface area (Å²) in [5.41, 5.74) is 1.60. The van der Waals surface area contributed by atoms with Gasteiger partial charge < -0.3 is 9.47 Å². The lowest BCUT2D eigenvalue weighted by atomic mass is 9.93. The average Bonchev–Trinajstić information content (AvgIpc) is 2.59. The molecule has 0 N–H and O–H groups in total. The zero-order valence-corrected chi connectivity index (χ0v) is 13.6. The molecular weight excluding hydrogens is 295 g/mol. The van der Waals surface area contributed by atoms with E-state index >= 15 is 0 Å². The summed E-state index contributed by atoms with van der Waals surface area (Å²) < 4.78 is 23.3. The molecule has 3 nitrogen and oxygen atoms in total. The van der Waals surface area contributed by atoms with Gasteiger partial charge in [-0.3, -0.25) is 4.79 Å². The third-order valence-corrected chi connectivity index (χ3v) is 3.86. The normalized spacial score (nSPS) is 11.8. The number of ether oxygens (including phenoxy) is 2. The number of hydrogen-bond donors (Lipinski definition) is 0. The first-order chi connectivity index (χ1) is 11.0. The third kappa shape index (κ3) is 4.55. The van der Waals surface area contributed by atoms with E-state index in [0.717, 1.165) is 12.0 Å². The lowest BCUT2D eigenvalue weighted by Crippen LogP contribution is -2.12. The van der Waals surface area contributed by atoms with Crippen LogP contribution in [0.25, 0.3) is 0 Å². The number of ketones is 1. The number of rotatable bonds is 7. The molecule has 0 aliphatic rings. The molecule has 0 saturated carbocycles. The molecule has 2 rings (SSSR count). The summed E-state index contributed by atoms with van der Waals surface area (Å²) in [5, 5.41) is 0. The van der Waals surface area contributed by atoms with Crippen molar-refractivity contribution in [2.24, 2.45) is 5.92 Å². The van der Waals surface area contributed by atoms with Crippen LogP contribution < -0.4 is 9.47 Å². The SMILES string of the molecule is COc1cc(OC)cc(C(=O)C(C)CCc2ccc(F)cc2)c1. The molecular formula is C19H21FO3. The van der Waals surface area contributed by atoms with Gasteiger partial charge in [-0.15, -0.1) is 0 Å². The van der Waals surface area contributed by atoms with E-state index in [4.69, 9.17) is 9.47 Å². The van der Waals surface area contributed by atoms with E-state index < -0.39 is 0 Å². The highest BCUT2D eigenvalue weighted by atomic mass is 19.1. The lowest BCUT2D eigenvalue weighted by molar-refractivity contribution is 0.0923. The maximum absolute atomic E-state index is 12.9. The highest BCUT2D eigenvalue weighted by Gasteiger charge is 2.17. The van der Waals surface area contributed by atoms with Crippen LogP contribution in [0.15, 0.2) is 42.5 Å². The molecule has 1 unspecified atom stereocenters. The van der Waals surface area contributed by atoms with E-state index in [9.17, 15) is 9.18 Å². The minimum Gasteiger partial charge on any atom is -0.497 e. The van der Waals surface area contributed by atoms with Gasteiger partial charge >= 0.3 is 0 Å². The van der Waals surface area contributed by atoms with Gasteiger partial charge in [-0.05, 0) is 42.7 Å². The predicted octanol–water partition coefficient (Wildman–Crippen LogP) is 4.29. The molecule has 4 heteroatoms. The molecule has 2 aromatic carbocycles. The summed E-state index contributed by atoms with van der Waals surface area (Å²) in [7, 11) is 3.11. The van der Waals surface area contributed by atoms with Crippen LogP contribution in [0.4, 0.5) is 4.39 Å². The second-order valence-corrected chi connectivity index (χ2v) is 5.53. The van der Waals surface area contributed by atoms with Crippen LogP contribution in [0, 0.1) is 11.7 Å². The fraction of sp³-hybridized carbons (Fsp3) is 0.316. The molecule has 0 spiro atoms. The predicted molar refractivity (Wildman–Crippen MR) is 87.8 cm³/mol. The maximum atomic E-state index is 12.9. The molecule has 0 fully saturated rings. The summed E-state index contributed by atoms with van der Waals surface area (Å²) in [4.78, 5) is 12.6. The van der Waals surface area contributed by atoms with Crippen LogP contribution in [0.2, 0.25) is 0 Å². The van der Waals surface area contributed by atoms with Gasteiger partial charge in [0.2, 0.25) is 0 Å². The highest BCUT2D eigenvalue weighted by Crippen LogP contribution is 2.25. The van der Waals surface area contributed by atoms with Crippen molar-refractivity contribution in [2.45, 2.75) is 19.8 Å². The Kier molecular flexibility index (Phi) is 5.74. The van der Waals surface area contributed by atoms with E-state index in [1.807, 2.05) is 6.92 Å². The van der Waals surface area contributed by atoms with Gasteiger partial charge in [0, 0.05) is 17.5 Å². The van der Waals surface area contributed by atoms with Crippen LogP contribution in [0.3, 0.4) is 0 Å². The summed E-state index contributed by atoms with van der Waals surface area (Å²) in [6.07, 6.45) is 1.43. The van der Waals surface area contributed by atoms with Crippen molar-refractivity contribution in [3.63, 3.8) is 0 Å². The summed E-state index contributed by atoms with van der Waals surface area (Å²) in [6.45, 7) is 1.90. The van der Waals surface area contributed by atoms with Crippen molar-refractivity contribution in [3.8, 4) is 11.5 Å². The lowest BCUT2D eigenvalue weighted by Gasteiger charge is -2.13. The first-order valence-corrected chi connectivity index (χ1v) is 7.55. The molecule has 0 saturated heterocycles. The average molecular weight is 316 g/mol. The molecule has 0 bridgehead atoms. The summed E-state index contributed by atoms with van der Waals surface area (Å²) in [5.74, 6) is 0.847. The van der Waals surface area contributed by atoms with Crippen molar-refractivity contribution in [2.75, 3.05) is 14.2 Å². The first-order valence-electron chi connectivity index (χ1n) is 7.55. The fourth-order valence-electron chi connectivity index (χ4n) is 2.40. The van der Waals surface area contributed by atoms with Crippen LogP contribution in [0.1, 0.15) is 29.3 Å². The number of Topliss-reactive ketones (excluding diaryl/α,β-unsaturated/α-hetero) is 1. The number of carbonyl (C=O) groups is 1. The van der Waals surface area contributed by atoms with Crippen LogP contribution in [0.5, 0.6) is 11.5 Å². The molecule has 0 aromatic heterocycles. The number of carbonyl (C=O) groups excluding carboxylic acids is 1. The number of aryl methyl sites for hydroxylation is 1. The molecule has 0 amide bonds. The second-order valence-electron chi connectivity index (χ2n) is 5.53. The van der Waals surface area contributed by atoms with Crippen LogP contribution in [-0.2, 0) is 6.42 Å². The van der Waals surface area contributed by atoms with Gasteiger partial charge in [0.15, 0.2) is 5.78 Å². The van der Waals surface area contributed by atoms with Gasteiger partial charge in [0.05, 0.1) is 14.2 Å². The molecule has 2 aromatic rings. The third-order valence-electron chi connectivity index (χ3n) is 3.86. The smallest absolute Gasteiger partial charge is 0.165 e. The van der Waals surface area contributed by atoms with Gasteiger partial charge in [-0.25, -0.2) is 4.39 Å².